The zero-order valence-corrected chi connectivity index (χ0v) is 18.8. The average molecular weight is 499 g/mol. The molecule has 1 N–H and O–H groups in total. The Balaban J connectivity index is 1.49. The molecule has 0 aromatic heterocycles. The Hall–Kier alpha value is -3.05. The molecule has 4 rings (SSSR count). The van der Waals surface area contributed by atoms with Crippen LogP contribution in [0.1, 0.15) is 23.2 Å². The number of carbonyl (C=O) groups excluding carboxylic acids is 1. The van der Waals surface area contributed by atoms with Crippen molar-refractivity contribution < 1.29 is 27.6 Å². The molecule has 2 aliphatic heterocycles. The number of nitrogens with zero attached hydrogens (tertiary/aromatic N) is 3. The van der Waals surface area contributed by atoms with Gasteiger partial charge in [-0.1, -0.05) is 11.6 Å². The van der Waals surface area contributed by atoms with Gasteiger partial charge in [0.15, 0.2) is 17.5 Å². The lowest BCUT2D eigenvalue weighted by molar-refractivity contribution is -0.384. The molecule has 8 nitrogen and oxygen atoms in total. The number of carbonyl (C=O) groups is 1. The van der Waals surface area contributed by atoms with E-state index in [-0.39, 0.29) is 59.9 Å². The third kappa shape index (κ3) is 5.05. The normalized spacial score (nSPS) is 18.3. The van der Waals surface area contributed by atoms with Crippen LogP contribution in [0.15, 0.2) is 24.3 Å². The molecule has 34 heavy (non-hydrogen) atoms. The molecule has 2 aliphatic rings. The lowest BCUT2D eigenvalue weighted by atomic mass is 10.1. The second-order valence-electron chi connectivity index (χ2n) is 8.12. The van der Waals surface area contributed by atoms with E-state index in [4.69, 9.17) is 16.3 Å². The van der Waals surface area contributed by atoms with E-state index < -0.39 is 28.3 Å². The highest BCUT2D eigenvalue weighted by Gasteiger charge is 2.29. The first-order valence-corrected chi connectivity index (χ1v) is 11.1. The van der Waals surface area contributed by atoms with Gasteiger partial charge in [-0.2, -0.15) is 0 Å². The highest BCUT2D eigenvalue weighted by molar-refractivity contribution is 6.33. The van der Waals surface area contributed by atoms with Gasteiger partial charge in [-0.05, 0) is 31.0 Å². The van der Waals surface area contributed by atoms with E-state index in [9.17, 15) is 28.1 Å². The molecule has 2 heterocycles. The van der Waals surface area contributed by atoms with Crippen molar-refractivity contribution >= 4 is 34.6 Å². The summed E-state index contributed by atoms with van der Waals surface area (Å²) in [4.78, 5) is 26.8. The van der Waals surface area contributed by atoms with Crippen molar-refractivity contribution in [3.8, 4) is 0 Å². The van der Waals surface area contributed by atoms with E-state index in [1.165, 1.54) is 11.0 Å². The predicted molar refractivity (Wildman–Crippen MR) is 120 cm³/mol. The number of nitrogens with one attached hydrogen (secondary N) is 1. The monoisotopic (exact) mass is 498 g/mol. The number of piperazine rings is 1. The number of halogens is 4. The van der Waals surface area contributed by atoms with Gasteiger partial charge in [0.05, 0.1) is 33.4 Å². The van der Waals surface area contributed by atoms with Gasteiger partial charge in [-0.25, -0.2) is 13.2 Å². The van der Waals surface area contributed by atoms with Crippen LogP contribution in [0, 0.1) is 27.6 Å². The average Bonchev–Trinajstić information content (AvgIpc) is 3.34. The smallest absolute Gasteiger partial charge is 0.295 e. The number of hydrogen-bond donors (Lipinski definition) is 1. The molecule has 0 saturated carbocycles. The molecule has 12 heteroatoms. The van der Waals surface area contributed by atoms with Crippen LogP contribution in [0.3, 0.4) is 0 Å². The molecule has 0 spiro atoms. The maximum absolute atomic E-state index is 14.5. The number of hydrogen-bond acceptors (Lipinski definition) is 6. The maximum atomic E-state index is 14.5. The van der Waals surface area contributed by atoms with Gasteiger partial charge < -0.3 is 19.9 Å². The van der Waals surface area contributed by atoms with Gasteiger partial charge in [-0.3, -0.25) is 14.9 Å². The van der Waals surface area contributed by atoms with Gasteiger partial charge >= 0.3 is 0 Å². The summed E-state index contributed by atoms with van der Waals surface area (Å²) in [6.45, 7) is 1.77. The minimum Gasteiger partial charge on any atom is -0.380 e. The van der Waals surface area contributed by atoms with Gasteiger partial charge in [-0.15, -0.1) is 0 Å². The molecule has 1 atom stereocenters. The summed E-state index contributed by atoms with van der Waals surface area (Å²) in [7, 11) is 0. The van der Waals surface area contributed by atoms with E-state index in [0.717, 1.165) is 31.0 Å². The van der Waals surface area contributed by atoms with E-state index in [2.05, 4.69) is 5.32 Å². The van der Waals surface area contributed by atoms with E-state index in [0.29, 0.717) is 13.2 Å². The number of ether oxygens (including phenoxy) is 1. The first kappa shape index (κ1) is 24.1. The van der Waals surface area contributed by atoms with Crippen molar-refractivity contribution in [2.24, 2.45) is 0 Å². The Kier molecular flexibility index (Phi) is 7.13. The predicted octanol–water partition coefficient (Wildman–Crippen LogP) is 4.22. The molecular formula is C22H22ClF3N4O4. The highest BCUT2D eigenvalue weighted by atomic mass is 35.5. The molecule has 0 radical (unpaired) electrons. The number of benzene rings is 2. The Morgan fingerprint density at radius 2 is 1.82 bits per heavy atom. The fourth-order valence-electron chi connectivity index (χ4n) is 4.12. The van der Waals surface area contributed by atoms with Crippen LogP contribution in [0.25, 0.3) is 0 Å². The van der Waals surface area contributed by atoms with Crippen LogP contribution in [-0.4, -0.2) is 61.2 Å². The van der Waals surface area contributed by atoms with Gasteiger partial charge in [0.2, 0.25) is 0 Å². The second kappa shape index (κ2) is 10.1. The number of anilines is 2. The minimum atomic E-state index is -1.18. The Labute approximate surface area is 198 Å². The largest absolute Gasteiger partial charge is 0.380 e. The number of nitro benzene ring substituents is 1. The molecule has 1 amide bonds. The van der Waals surface area contributed by atoms with Crippen molar-refractivity contribution in [2.75, 3.05) is 49.5 Å². The molecular weight excluding hydrogens is 477 g/mol. The Morgan fingerprint density at radius 1 is 1.12 bits per heavy atom. The van der Waals surface area contributed by atoms with Crippen LogP contribution in [-0.2, 0) is 4.74 Å². The molecule has 2 fully saturated rings. The van der Waals surface area contributed by atoms with Gasteiger partial charge in [0, 0.05) is 39.3 Å². The zero-order valence-electron chi connectivity index (χ0n) is 18.0. The topological polar surface area (TPSA) is 88.0 Å². The van der Waals surface area contributed by atoms with Crippen molar-refractivity contribution in [1.29, 1.82) is 0 Å². The molecule has 182 valence electrons. The first-order chi connectivity index (χ1) is 16.2. The summed E-state index contributed by atoms with van der Waals surface area (Å²) in [6, 6.07) is 3.77. The Morgan fingerprint density at radius 3 is 2.47 bits per heavy atom. The summed E-state index contributed by atoms with van der Waals surface area (Å²) in [5, 5.41) is 14.3. The SMILES string of the molecule is O=C(c1cc(F)c(F)cc1Cl)N1CCN(c2cc(NC[C@H]3CCCO3)c(F)cc2[N+](=O)[O-])CC1. The number of amides is 1. The van der Waals surface area contributed by atoms with E-state index in [1.807, 2.05) is 0 Å². The molecule has 2 aromatic rings. The number of rotatable bonds is 6. The lowest BCUT2D eigenvalue weighted by Gasteiger charge is -2.36. The fraction of sp³-hybridized carbons (Fsp3) is 0.409. The van der Waals surface area contributed by atoms with Crippen molar-refractivity contribution in [3.63, 3.8) is 0 Å². The van der Waals surface area contributed by atoms with Crippen LogP contribution in [0.5, 0.6) is 0 Å². The van der Waals surface area contributed by atoms with Crippen molar-refractivity contribution in [3.05, 3.63) is 62.4 Å². The highest BCUT2D eigenvalue weighted by Crippen LogP contribution is 2.34. The molecule has 0 bridgehead atoms. The zero-order chi connectivity index (χ0) is 24.4. The fourth-order valence-corrected chi connectivity index (χ4v) is 4.35. The van der Waals surface area contributed by atoms with E-state index >= 15 is 0 Å². The lowest BCUT2D eigenvalue weighted by Crippen LogP contribution is -2.49. The first-order valence-electron chi connectivity index (χ1n) is 10.8. The van der Waals surface area contributed by atoms with Crippen LogP contribution in [0.4, 0.5) is 30.2 Å². The standard InChI is InChI=1S/C22H22ClF3N4O4/c23-15-9-17(25)16(24)8-14(15)22(31)29-5-3-28(4-6-29)20-11-19(18(26)10-21(20)30(32)33)27-12-13-2-1-7-34-13/h8-11,13,27H,1-7,12H2/t13-/m1/s1. The molecule has 2 saturated heterocycles. The summed E-state index contributed by atoms with van der Waals surface area (Å²) < 4.78 is 47.0. The van der Waals surface area contributed by atoms with Crippen LogP contribution >= 0.6 is 11.6 Å². The summed E-state index contributed by atoms with van der Waals surface area (Å²) >= 11 is 5.91. The number of nitro groups is 1. The van der Waals surface area contributed by atoms with Crippen LogP contribution in [0.2, 0.25) is 5.02 Å². The summed E-state index contributed by atoms with van der Waals surface area (Å²) in [5.74, 6) is -3.65. The molecule has 2 aromatic carbocycles. The van der Waals surface area contributed by atoms with Gasteiger partial charge in [0.25, 0.3) is 11.6 Å². The molecule has 0 unspecified atom stereocenters. The molecule has 0 aliphatic carbocycles. The third-order valence-electron chi connectivity index (χ3n) is 5.95. The van der Waals surface area contributed by atoms with Crippen molar-refractivity contribution in [1.82, 2.24) is 4.90 Å². The minimum absolute atomic E-state index is 0.0456. The maximum Gasteiger partial charge on any atom is 0.295 e. The van der Waals surface area contributed by atoms with Gasteiger partial charge in [0.1, 0.15) is 5.69 Å². The third-order valence-corrected chi connectivity index (χ3v) is 6.27. The summed E-state index contributed by atoms with van der Waals surface area (Å²) in [6.07, 6.45) is 1.74. The van der Waals surface area contributed by atoms with Crippen LogP contribution < -0.4 is 10.2 Å². The quantitative estimate of drug-likeness (QED) is 0.364. The van der Waals surface area contributed by atoms with E-state index in [1.54, 1.807) is 4.90 Å². The Bertz CT molecular complexity index is 1110. The summed E-state index contributed by atoms with van der Waals surface area (Å²) in [5.41, 5.74) is -0.201. The second-order valence-corrected chi connectivity index (χ2v) is 8.53. The van der Waals surface area contributed by atoms with Crippen molar-refractivity contribution in [2.45, 2.75) is 18.9 Å².